The number of hydrogen-bond donors (Lipinski definition) is 0. The average Bonchev–Trinajstić information content (AvgIpc) is 2.80. The molecular weight excluding hydrogens is 291 g/mol. The van der Waals surface area contributed by atoms with Gasteiger partial charge in [0.2, 0.25) is 0 Å². The predicted octanol–water partition coefficient (Wildman–Crippen LogP) is 3.94. The van der Waals surface area contributed by atoms with Crippen LogP contribution >= 0.6 is 34.5 Å². The predicted molar refractivity (Wildman–Crippen MR) is 72.5 cm³/mol. The van der Waals surface area contributed by atoms with Gasteiger partial charge in [-0.05, 0) is 18.2 Å². The lowest BCUT2D eigenvalue weighted by Gasteiger charge is -2.06. The van der Waals surface area contributed by atoms with Crippen LogP contribution in [0.2, 0.25) is 10.0 Å². The number of hydrogen-bond acceptors (Lipinski definition) is 4. The Hall–Kier alpha value is -1.28. The van der Waals surface area contributed by atoms with Crippen molar-refractivity contribution in [2.45, 2.75) is 6.42 Å². The summed E-state index contributed by atoms with van der Waals surface area (Å²) in [5.74, 6) is 0.595. The van der Waals surface area contributed by atoms with E-state index in [9.17, 15) is 0 Å². The van der Waals surface area contributed by atoms with Crippen molar-refractivity contribution >= 4 is 34.5 Å². The Bertz CT molecular complexity index is 592. The van der Waals surface area contributed by atoms with Crippen LogP contribution in [0.1, 0.15) is 10.7 Å². The number of aromatic nitrogens is 1. The monoisotopic (exact) mass is 298 g/mol. The first-order valence-electron chi connectivity index (χ1n) is 5.11. The topological polar surface area (TPSA) is 45.9 Å². The van der Waals surface area contributed by atoms with Crippen molar-refractivity contribution in [2.24, 2.45) is 0 Å². The van der Waals surface area contributed by atoms with Crippen LogP contribution in [-0.2, 0) is 6.42 Å². The van der Waals surface area contributed by atoms with Gasteiger partial charge in [-0.3, -0.25) is 0 Å². The lowest BCUT2D eigenvalue weighted by Crippen LogP contribution is -2.01. The van der Waals surface area contributed by atoms with Crippen molar-refractivity contribution in [3.8, 4) is 11.8 Å². The highest BCUT2D eigenvalue weighted by molar-refractivity contribution is 7.09. The molecule has 18 heavy (non-hydrogen) atoms. The first-order chi connectivity index (χ1) is 8.69. The third-order valence-corrected chi connectivity index (χ3v) is 3.57. The molecule has 0 N–H and O–H groups in total. The quantitative estimate of drug-likeness (QED) is 0.859. The van der Waals surface area contributed by atoms with E-state index >= 15 is 0 Å². The molecule has 0 spiro atoms. The summed E-state index contributed by atoms with van der Waals surface area (Å²) < 4.78 is 5.53. The summed E-state index contributed by atoms with van der Waals surface area (Å²) in [5, 5.41) is 12.3. The standard InChI is InChI=1S/C12H8Cl2N2OS/c13-8-1-2-11(10(14)5-8)17-4-3-12-16-9(6-15)7-18-12/h1-2,5,7H,3-4H2. The zero-order valence-corrected chi connectivity index (χ0v) is 11.5. The van der Waals surface area contributed by atoms with Crippen molar-refractivity contribution in [3.05, 3.63) is 44.3 Å². The van der Waals surface area contributed by atoms with Crippen LogP contribution in [-0.4, -0.2) is 11.6 Å². The molecule has 92 valence electrons. The highest BCUT2D eigenvalue weighted by Crippen LogP contribution is 2.27. The summed E-state index contributed by atoms with van der Waals surface area (Å²) in [6.45, 7) is 0.458. The van der Waals surface area contributed by atoms with Gasteiger partial charge in [-0.2, -0.15) is 5.26 Å². The van der Waals surface area contributed by atoms with Crippen LogP contribution in [0, 0.1) is 11.3 Å². The van der Waals surface area contributed by atoms with Crippen LogP contribution in [0.5, 0.6) is 5.75 Å². The van der Waals surface area contributed by atoms with Gasteiger partial charge in [0.15, 0.2) is 5.69 Å². The molecule has 0 aliphatic carbocycles. The Morgan fingerprint density at radius 1 is 1.39 bits per heavy atom. The number of thiazole rings is 1. The maximum absolute atomic E-state index is 8.65. The lowest BCUT2D eigenvalue weighted by molar-refractivity contribution is 0.322. The highest BCUT2D eigenvalue weighted by Gasteiger charge is 2.04. The Morgan fingerprint density at radius 3 is 2.89 bits per heavy atom. The van der Waals surface area contributed by atoms with Crippen LogP contribution in [0.25, 0.3) is 0 Å². The fraction of sp³-hybridized carbons (Fsp3) is 0.167. The number of nitriles is 1. The van der Waals surface area contributed by atoms with Crippen LogP contribution in [0.3, 0.4) is 0 Å². The number of halogens is 2. The summed E-state index contributed by atoms with van der Waals surface area (Å²) in [6.07, 6.45) is 0.644. The minimum Gasteiger partial charge on any atom is -0.492 e. The van der Waals surface area contributed by atoms with Crippen LogP contribution in [0.15, 0.2) is 23.6 Å². The zero-order valence-electron chi connectivity index (χ0n) is 9.19. The molecular formula is C12H8Cl2N2OS. The Kier molecular flexibility index (Phi) is 4.43. The van der Waals surface area contributed by atoms with Gasteiger partial charge in [0.1, 0.15) is 11.8 Å². The Morgan fingerprint density at radius 2 is 2.22 bits per heavy atom. The van der Waals surface area contributed by atoms with E-state index in [1.807, 2.05) is 6.07 Å². The van der Waals surface area contributed by atoms with E-state index in [-0.39, 0.29) is 0 Å². The number of nitrogens with zero attached hydrogens (tertiary/aromatic N) is 2. The normalized spacial score (nSPS) is 10.1. The molecule has 0 atom stereocenters. The second-order valence-electron chi connectivity index (χ2n) is 3.41. The maximum Gasteiger partial charge on any atom is 0.151 e. The fourth-order valence-corrected chi connectivity index (χ4v) is 2.49. The molecule has 0 amide bonds. The van der Waals surface area contributed by atoms with Gasteiger partial charge >= 0.3 is 0 Å². The van der Waals surface area contributed by atoms with Crippen LogP contribution in [0.4, 0.5) is 0 Å². The molecule has 2 rings (SSSR count). The van der Waals surface area contributed by atoms with E-state index in [0.717, 1.165) is 5.01 Å². The van der Waals surface area contributed by atoms with E-state index in [4.69, 9.17) is 33.2 Å². The first-order valence-corrected chi connectivity index (χ1v) is 6.75. The van der Waals surface area contributed by atoms with E-state index in [1.54, 1.807) is 23.6 Å². The molecule has 1 heterocycles. The van der Waals surface area contributed by atoms with Crippen molar-refractivity contribution in [3.63, 3.8) is 0 Å². The first kappa shape index (κ1) is 13.2. The summed E-state index contributed by atoms with van der Waals surface area (Å²) >= 11 is 13.2. The molecule has 0 saturated carbocycles. The minimum atomic E-state index is 0.444. The third-order valence-electron chi connectivity index (χ3n) is 2.13. The fourth-order valence-electron chi connectivity index (χ4n) is 1.32. The van der Waals surface area contributed by atoms with Crippen molar-refractivity contribution in [1.82, 2.24) is 4.98 Å². The SMILES string of the molecule is N#Cc1csc(CCOc2ccc(Cl)cc2Cl)n1. The molecule has 1 aromatic heterocycles. The number of ether oxygens (including phenoxy) is 1. The molecule has 3 nitrogen and oxygen atoms in total. The largest absolute Gasteiger partial charge is 0.492 e. The molecule has 0 fully saturated rings. The van der Waals surface area contributed by atoms with Gasteiger partial charge < -0.3 is 4.74 Å². The molecule has 2 aromatic rings. The summed E-state index contributed by atoms with van der Waals surface area (Å²) in [5.41, 5.74) is 0.444. The van der Waals surface area contributed by atoms with Gasteiger partial charge in [0.25, 0.3) is 0 Å². The molecule has 6 heteroatoms. The van der Waals surface area contributed by atoms with Gasteiger partial charge in [-0.1, -0.05) is 23.2 Å². The Balaban J connectivity index is 1.90. The van der Waals surface area contributed by atoms with Gasteiger partial charge in [0, 0.05) is 16.8 Å². The second-order valence-corrected chi connectivity index (χ2v) is 5.20. The minimum absolute atomic E-state index is 0.444. The lowest BCUT2D eigenvalue weighted by atomic mass is 10.3. The summed E-state index contributed by atoms with van der Waals surface area (Å²) in [4.78, 5) is 4.12. The van der Waals surface area contributed by atoms with E-state index < -0.39 is 0 Å². The third kappa shape index (κ3) is 3.36. The second kappa shape index (κ2) is 6.05. The van der Waals surface area contributed by atoms with E-state index in [1.165, 1.54) is 11.3 Å². The molecule has 1 aromatic carbocycles. The zero-order chi connectivity index (χ0) is 13.0. The number of benzene rings is 1. The van der Waals surface area contributed by atoms with Gasteiger partial charge in [-0.15, -0.1) is 11.3 Å². The molecule has 0 radical (unpaired) electrons. The van der Waals surface area contributed by atoms with E-state index in [2.05, 4.69) is 4.98 Å². The molecule has 0 aliphatic heterocycles. The van der Waals surface area contributed by atoms with Crippen molar-refractivity contribution < 1.29 is 4.74 Å². The van der Waals surface area contributed by atoms with Crippen molar-refractivity contribution in [2.75, 3.05) is 6.61 Å². The molecule has 0 unspecified atom stereocenters. The van der Waals surface area contributed by atoms with Crippen LogP contribution < -0.4 is 4.74 Å². The summed E-state index contributed by atoms with van der Waals surface area (Å²) in [7, 11) is 0. The smallest absolute Gasteiger partial charge is 0.151 e. The summed E-state index contributed by atoms with van der Waals surface area (Å²) in [6, 6.07) is 7.08. The molecule has 0 aliphatic rings. The maximum atomic E-state index is 8.65. The highest BCUT2D eigenvalue weighted by atomic mass is 35.5. The number of rotatable bonds is 4. The van der Waals surface area contributed by atoms with Crippen molar-refractivity contribution in [1.29, 1.82) is 5.26 Å². The molecule has 0 bridgehead atoms. The van der Waals surface area contributed by atoms with E-state index in [0.29, 0.717) is 34.5 Å². The Labute approximate surface area is 119 Å². The molecule has 0 saturated heterocycles. The van der Waals surface area contributed by atoms with Gasteiger partial charge in [-0.25, -0.2) is 4.98 Å². The average molecular weight is 299 g/mol. The van der Waals surface area contributed by atoms with Gasteiger partial charge in [0.05, 0.1) is 16.6 Å².